The molecule has 0 aromatic heterocycles. The second-order valence-corrected chi connectivity index (χ2v) is 8.49. The first-order valence-electron chi connectivity index (χ1n) is 7.38. The van der Waals surface area contributed by atoms with E-state index in [1.54, 1.807) is 7.11 Å². The second-order valence-electron chi connectivity index (χ2n) is 6.17. The zero-order chi connectivity index (χ0) is 15.2. The summed E-state index contributed by atoms with van der Waals surface area (Å²) in [6.45, 7) is 3.97. The predicted octanol–water partition coefficient (Wildman–Crippen LogP) is 0.967. The van der Waals surface area contributed by atoms with Gasteiger partial charge in [-0.15, -0.1) is 0 Å². The van der Waals surface area contributed by atoms with Crippen LogP contribution in [0.25, 0.3) is 0 Å². The van der Waals surface area contributed by atoms with Gasteiger partial charge in [-0.2, -0.15) is 0 Å². The highest BCUT2D eigenvalue weighted by molar-refractivity contribution is 7.91. The molecule has 1 fully saturated rings. The summed E-state index contributed by atoms with van der Waals surface area (Å²) in [5.74, 6) is 0.0696. The number of aliphatic hydroxyl groups is 1. The third-order valence-electron chi connectivity index (χ3n) is 4.40. The fourth-order valence-corrected chi connectivity index (χ4v) is 4.12. The van der Waals surface area contributed by atoms with E-state index in [0.717, 1.165) is 32.4 Å². The molecule has 0 saturated heterocycles. The second kappa shape index (κ2) is 7.73. The molecule has 0 bridgehead atoms. The summed E-state index contributed by atoms with van der Waals surface area (Å²) >= 11 is 0. The van der Waals surface area contributed by atoms with Crippen molar-refractivity contribution in [2.75, 3.05) is 33.1 Å². The third kappa shape index (κ3) is 5.68. The van der Waals surface area contributed by atoms with Crippen molar-refractivity contribution in [3.05, 3.63) is 0 Å². The summed E-state index contributed by atoms with van der Waals surface area (Å²) in [5.41, 5.74) is -0.802. The average molecular weight is 307 g/mol. The van der Waals surface area contributed by atoms with Crippen LogP contribution in [-0.2, 0) is 14.6 Å². The van der Waals surface area contributed by atoms with Gasteiger partial charge in [0.1, 0.15) is 9.84 Å². The molecule has 120 valence electrons. The lowest BCUT2D eigenvalue weighted by Gasteiger charge is -2.38. The zero-order valence-corrected chi connectivity index (χ0v) is 13.7. The number of hydrogen-bond acceptors (Lipinski definition) is 5. The summed E-state index contributed by atoms with van der Waals surface area (Å²) in [6, 6.07) is 0. The Labute approximate surface area is 123 Å². The van der Waals surface area contributed by atoms with Gasteiger partial charge in [-0.1, -0.05) is 6.42 Å². The van der Waals surface area contributed by atoms with Crippen LogP contribution >= 0.6 is 0 Å². The maximum Gasteiger partial charge on any atom is 0.150 e. The number of methoxy groups -OCH3 is 1. The first-order valence-corrected chi connectivity index (χ1v) is 9.33. The molecule has 1 rings (SSSR count). The van der Waals surface area contributed by atoms with Crippen LogP contribution in [-0.4, -0.2) is 57.4 Å². The molecule has 0 amide bonds. The van der Waals surface area contributed by atoms with Crippen LogP contribution in [0.1, 0.15) is 39.0 Å². The molecule has 1 saturated carbocycles. The lowest BCUT2D eigenvalue weighted by atomic mass is 9.76. The van der Waals surface area contributed by atoms with Gasteiger partial charge in [-0.3, -0.25) is 0 Å². The fraction of sp³-hybridized carbons (Fsp3) is 1.00. The Balaban J connectivity index is 2.45. The summed E-state index contributed by atoms with van der Waals surface area (Å²) < 4.78 is 28.3. The standard InChI is InChI=1S/C14H29NO4S/c1-14(16,7-8-15-9-10-19-2)12-5-4-6-13(11-12)20(3,17)18/h12-13,15-16H,4-11H2,1-3H3. The molecule has 0 aromatic rings. The Kier molecular flexibility index (Phi) is 6.91. The van der Waals surface area contributed by atoms with Gasteiger partial charge in [0, 0.05) is 19.9 Å². The van der Waals surface area contributed by atoms with E-state index in [9.17, 15) is 13.5 Å². The highest BCUT2D eigenvalue weighted by Gasteiger charge is 2.38. The Morgan fingerprint density at radius 2 is 2.05 bits per heavy atom. The van der Waals surface area contributed by atoms with Crippen molar-refractivity contribution < 1.29 is 18.3 Å². The Hall–Kier alpha value is -0.170. The van der Waals surface area contributed by atoms with Crippen molar-refractivity contribution in [1.82, 2.24) is 5.32 Å². The van der Waals surface area contributed by atoms with E-state index in [1.807, 2.05) is 6.92 Å². The molecule has 2 N–H and O–H groups in total. The topological polar surface area (TPSA) is 75.6 Å². The van der Waals surface area contributed by atoms with Crippen LogP contribution in [0, 0.1) is 5.92 Å². The van der Waals surface area contributed by atoms with Crippen molar-refractivity contribution in [1.29, 1.82) is 0 Å². The largest absolute Gasteiger partial charge is 0.390 e. The minimum atomic E-state index is -2.99. The van der Waals surface area contributed by atoms with Crippen molar-refractivity contribution in [2.24, 2.45) is 5.92 Å². The molecule has 0 heterocycles. The SMILES string of the molecule is COCCNCCC(C)(O)C1CCCC(S(C)(=O)=O)C1. The first kappa shape index (κ1) is 17.9. The highest BCUT2D eigenvalue weighted by Crippen LogP contribution is 2.36. The molecule has 0 spiro atoms. The molecule has 1 aliphatic rings. The van der Waals surface area contributed by atoms with E-state index in [1.165, 1.54) is 6.26 Å². The molecule has 0 aliphatic heterocycles. The summed E-state index contributed by atoms with van der Waals surface area (Å²) in [5, 5.41) is 13.5. The molecular formula is C14H29NO4S. The Bertz CT molecular complexity index is 381. The smallest absolute Gasteiger partial charge is 0.150 e. The lowest BCUT2D eigenvalue weighted by molar-refractivity contribution is -0.0225. The van der Waals surface area contributed by atoms with Crippen molar-refractivity contribution in [2.45, 2.75) is 49.9 Å². The molecule has 5 nitrogen and oxygen atoms in total. The van der Waals surface area contributed by atoms with Crippen LogP contribution in [0.15, 0.2) is 0 Å². The van der Waals surface area contributed by atoms with Gasteiger partial charge < -0.3 is 15.2 Å². The van der Waals surface area contributed by atoms with E-state index in [2.05, 4.69) is 5.32 Å². The van der Waals surface area contributed by atoms with Gasteiger partial charge in [0.25, 0.3) is 0 Å². The van der Waals surface area contributed by atoms with Crippen molar-refractivity contribution in [3.8, 4) is 0 Å². The minimum Gasteiger partial charge on any atom is -0.390 e. The molecule has 20 heavy (non-hydrogen) atoms. The lowest BCUT2D eigenvalue weighted by Crippen LogP contribution is -2.42. The quantitative estimate of drug-likeness (QED) is 0.654. The van der Waals surface area contributed by atoms with E-state index in [4.69, 9.17) is 4.74 Å². The molecule has 1 aliphatic carbocycles. The Morgan fingerprint density at radius 3 is 2.65 bits per heavy atom. The number of sulfone groups is 1. The van der Waals surface area contributed by atoms with Crippen LogP contribution in [0.4, 0.5) is 0 Å². The van der Waals surface area contributed by atoms with Gasteiger partial charge >= 0.3 is 0 Å². The number of nitrogens with one attached hydrogen (secondary N) is 1. The van der Waals surface area contributed by atoms with Gasteiger partial charge in [0.2, 0.25) is 0 Å². The summed E-state index contributed by atoms with van der Waals surface area (Å²) in [4.78, 5) is 0. The first-order chi connectivity index (χ1) is 9.27. The van der Waals surface area contributed by atoms with Crippen LogP contribution in [0.3, 0.4) is 0 Å². The van der Waals surface area contributed by atoms with E-state index < -0.39 is 15.4 Å². The van der Waals surface area contributed by atoms with Crippen molar-refractivity contribution >= 4 is 9.84 Å². The molecule has 6 heteroatoms. The summed E-state index contributed by atoms with van der Waals surface area (Å²) in [7, 11) is -1.34. The third-order valence-corrected chi connectivity index (χ3v) is 6.04. The molecule has 3 unspecified atom stereocenters. The van der Waals surface area contributed by atoms with Gasteiger partial charge in [-0.25, -0.2) is 8.42 Å². The van der Waals surface area contributed by atoms with E-state index in [0.29, 0.717) is 19.4 Å². The normalized spacial score (nSPS) is 27.2. The monoisotopic (exact) mass is 307 g/mol. The van der Waals surface area contributed by atoms with Crippen molar-refractivity contribution in [3.63, 3.8) is 0 Å². The average Bonchev–Trinajstić information content (AvgIpc) is 2.37. The highest BCUT2D eigenvalue weighted by atomic mass is 32.2. The van der Waals surface area contributed by atoms with Gasteiger partial charge in [0.05, 0.1) is 17.5 Å². The van der Waals surface area contributed by atoms with Crippen LogP contribution in [0.2, 0.25) is 0 Å². The Morgan fingerprint density at radius 1 is 1.35 bits per heavy atom. The molecule has 3 atom stereocenters. The molecular weight excluding hydrogens is 278 g/mol. The minimum absolute atomic E-state index is 0.0696. The van der Waals surface area contributed by atoms with Crippen LogP contribution in [0.5, 0.6) is 0 Å². The summed E-state index contributed by atoms with van der Waals surface area (Å²) in [6.07, 6.45) is 5.06. The fourth-order valence-electron chi connectivity index (χ4n) is 2.94. The number of ether oxygens (including phenoxy) is 1. The van der Waals surface area contributed by atoms with Crippen LogP contribution < -0.4 is 5.32 Å². The van der Waals surface area contributed by atoms with E-state index >= 15 is 0 Å². The maximum absolute atomic E-state index is 11.7. The molecule has 0 aromatic carbocycles. The van der Waals surface area contributed by atoms with Gasteiger partial charge in [-0.05, 0) is 45.1 Å². The molecule has 0 radical (unpaired) electrons. The van der Waals surface area contributed by atoms with E-state index in [-0.39, 0.29) is 11.2 Å². The number of hydrogen-bond donors (Lipinski definition) is 2. The zero-order valence-electron chi connectivity index (χ0n) is 12.9. The van der Waals surface area contributed by atoms with Gasteiger partial charge in [0.15, 0.2) is 0 Å². The number of rotatable bonds is 8. The predicted molar refractivity (Wildman–Crippen MR) is 80.6 cm³/mol. The maximum atomic E-state index is 11.7.